The zero-order chi connectivity index (χ0) is 14.9. The highest BCUT2D eigenvalue weighted by Crippen LogP contribution is 2.13. The number of carbonyl (C=O) groups is 1. The molecular formula is C17H16N2O2. The molecule has 0 heterocycles. The second-order valence-corrected chi connectivity index (χ2v) is 4.30. The minimum atomic E-state index is -0.294. The number of carbonyl (C=O) groups excluding carboxylic acids is 1. The van der Waals surface area contributed by atoms with Gasteiger partial charge >= 0.3 is 6.03 Å². The molecular weight excluding hydrogens is 264 g/mol. The molecule has 0 aromatic heterocycles. The van der Waals surface area contributed by atoms with Crippen LogP contribution >= 0.6 is 0 Å². The largest absolute Gasteiger partial charge is 0.384 e. The van der Waals surface area contributed by atoms with E-state index >= 15 is 0 Å². The summed E-state index contributed by atoms with van der Waals surface area (Å²) in [5.41, 5.74) is 2.31. The summed E-state index contributed by atoms with van der Waals surface area (Å²) in [4.78, 5) is 11.9. The molecule has 2 aromatic rings. The van der Waals surface area contributed by atoms with E-state index in [0.717, 1.165) is 5.56 Å². The summed E-state index contributed by atoms with van der Waals surface area (Å²) in [7, 11) is 0. The summed E-state index contributed by atoms with van der Waals surface area (Å²) in [5, 5.41) is 14.3. The fraction of sp³-hybridized carbons (Fsp3) is 0.118. The van der Waals surface area contributed by atoms with E-state index in [4.69, 9.17) is 5.11 Å². The highest BCUT2D eigenvalue weighted by molar-refractivity contribution is 5.90. The molecule has 0 aliphatic heterocycles. The number of para-hydroxylation sites is 1. The number of aliphatic hydroxyl groups is 1. The number of rotatable bonds is 3. The third-order valence-electron chi connectivity index (χ3n) is 2.77. The summed E-state index contributed by atoms with van der Waals surface area (Å²) < 4.78 is 0. The van der Waals surface area contributed by atoms with Gasteiger partial charge in [-0.3, -0.25) is 0 Å². The molecule has 0 unspecified atom stereocenters. The molecule has 4 heteroatoms. The van der Waals surface area contributed by atoms with E-state index in [1.807, 2.05) is 42.5 Å². The van der Waals surface area contributed by atoms with Crippen LogP contribution in [0, 0.1) is 11.8 Å². The molecule has 0 atom stereocenters. The molecule has 106 valence electrons. The van der Waals surface area contributed by atoms with Gasteiger partial charge < -0.3 is 15.7 Å². The zero-order valence-electron chi connectivity index (χ0n) is 11.5. The van der Waals surface area contributed by atoms with Crippen LogP contribution in [0.15, 0.2) is 54.6 Å². The first-order chi connectivity index (χ1) is 10.3. The van der Waals surface area contributed by atoms with Crippen molar-refractivity contribution in [3.05, 3.63) is 65.7 Å². The third-order valence-corrected chi connectivity index (χ3v) is 2.77. The van der Waals surface area contributed by atoms with Gasteiger partial charge in [0.15, 0.2) is 0 Å². The Balaban J connectivity index is 1.97. The molecule has 0 saturated heterocycles. The lowest BCUT2D eigenvalue weighted by Crippen LogP contribution is -2.28. The molecule has 3 N–H and O–H groups in total. The summed E-state index contributed by atoms with van der Waals surface area (Å²) in [6.07, 6.45) is 0. The standard InChI is InChI=1S/C17H16N2O2/c20-12-6-10-15-9-4-5-11-16(15)19-17(21)18-13-14-7-2-1-3-8-14/h1-5,7-9,11,20H,12-13H2,(H2,18,19,21). The highest BCUT2D eigenvalue weighted by Gasteiger charge is 2.04. The maximum Gasteiger partial charge on any atom is 0.319 e. The van der Waals surface area contributed by atoms with Crippen molar-refractivity contribution in [1.82, 2.24) is 5.32 Å². The smallest absolute Gasteiger partial charge is 0.319 e. The number of anilines is 1. The van der Waals surface area contributed by atoms with Crippen LogP contribution in [0.1, 0.15) is 11.1 Å². The van der Waals surface area contributed by atoms with E-state index in [1.165, 1.54) is 0 Å². The van der Waals surface area contributed by atoms with Crippen LogP contribution in [0.25, 0.3) is 0 Å². The molecule has 0 radical (unpaired) electrons. The van der Waals surface area contributed by atoms with Crippen LogP contribution in [-0.2, 0) is 6.54 Å². The molecule has 0 fully saturated rings. The van der Waals surface area contributed by atoms with Crippen molar-refractivity contribution in [1.29, 1.82) is 0 Å². The van der Waals surface area contributed by atoms with Gasteiger partial charge in [0, 0.05) is 12.1 Å². The van der Waals surface area contributed by atoms with Crippen LogP contribution in [0.2, 0.25) is 0 Å². The van der Waals surface area contributed by atoms with Crippen molar-refractivity contribution in [3.8, 4) is 11.8 Å². The fourth-order valence-corrected chi connectivity index (χ4v) is 1.78. The number of hydrogen-bond acceptors (Lipinski definition) is 2. The van der Waals surface area contributed by atoms with Crippen LogP contribution < -0.4 is 10.6 Å². The van der Waals surface area contributed by atoms with Gasteiger partial charge in [-0.25, -0.2) is 4.79 Å². The van der Waals surface area contributed by atoms with Crippen molar-refractivity contribution >= 4 is 11.7 Å². The molecule has 0 saturated carbocycles. The molecule has 4 nitrogen and oxygen atoms in total. The van der Waals surface area contributed by atoms with E-state index in [9.17, 15) is 4.79 Å². The van der Waals surface area contributed by atoms with Crippen LogP contribution in [0.3, 0.4) is 0 Å². The Bertz CT molecular complexity index is 657. The Morgan fingerprint density at radius 1 is 1.05 bits per heavy atom. The summed E-state index contributed by atoms with van der Waals surface area (Å²) in [5.74, 6) is 5.37. The second kappa shape index (κ2) is 7.73. The second-order valence-electron chi connectivity index (χ2n) is 4.30. The summed E-state index contributed by atoms with van der Waals surface area (Å²) in [6, 6.07) is 16.6. The zero-order valence-corrected chi connectivity index (χ0v) is 11.5. The van der Waals surface area contributed by atoms with Gasteiger partial charge in [-0.15, -0.1) is 0 Å². The molecule has 0 aliphatic carbocycles. The predicted octanol–water partition coefficient (Wildman–Crippen LogP) is 2.35. The molecule has 21 heavy (non-hydrogen) atoms. The molecule has 0 aliphatic rings. The normalized spacial score (nSPS) is 9.38. The summed E-state index contributed by atoms with van der Waals surface area (Å²) >= 11 is 0. The third kappa shape index (κ3) is 4.68. The van der Waals surface area contributed by atoms with Crippen molar-refractivity contribution in [2.45, 2.75) is 6.54 Å². The minimum Gasteiger partial charge on any atom is -0.384 e. The first-order valence-corrected chi connectivity index (χ1v) is 6.57. The quantitative estimate of drug-likeness (QED) is 0.756. The lowest BCUT2D eigenvalue weighted by Gasteiger charge is -2.09. The number of urea groups is 1. The molecule has 0 bridgehead atoms. The average molecular weight is 280 g/mol. The van der Waals surface area contributed by atoms with Gasteiger partial charge in [0.2, 0.25) is 0 Å². The lowest BCUT2D eigenvalue weighted by atomic mass is 10.2. The van der Waals surface area contributed by atoms with E-state index in [-0.39, 0.29) is 12.6 Å². The van der Waals surface area contributed by atoms with E-state index in [2.05, 4.69) is 22.5 Å². The maximum absolute atomic E-state index is 11.9. The number of aliphatic hydroxyl groups excluding tert-OH is 1. The number of amides is 2. The van der Waals surface area contributed by atoms with Crippen molar-refractivity contribution < 1.29 is 9.90 Å². The number of nitrogens with one attached hydrogen (secondary N) is 2. The Labute approximate surface area is 123 Å². The Hall–Kier alpha value is -2.77. The molecule has 0 spiro atoms. The maximum atomic E-state index is 11.9. The predicted molar refractivity (Wildman–Crippen MR) is 82.7 cm³/mol. The Morgan fingerprint density at radius 3 is 2.52 bits per heavy atom. The SMILES string of the molecule is O=C(NCc1ccccc1)Nc1ccccc1C#CCO. The monoisotopic (exact) mass is 280 g/mol. The van der Waals surface area contributed by atoms with Crippen molar-refractivity contribution in [3.63, 3.8) is 0 Å². The van der Waals surface area contributed by atoms with E-state index < -0.39 is 0 Å². The first-order valence-electron chi connectivity index (χ1n) is 6.57. The van der Waals surface area contributed by atoms with E-state index in [0.29, 0.717) is 17.8 Å². The van der Waals surface area contributed by atoms with Gasteiger partial charge in [0.1, 0.15) is 6.61 Å². The Morgan fingerprint density at radius 2 is 1.76 bits per heavy atom. The Kier molecular flexibility index (Phi) is 5.39. The van der Waals surface area contributed by atoms with Crippen LogP contribution in [0.5, 0.6) is 0 Å². The van der Waals surface area contributed by atoms with Crippen molar-refractivity contribution in [2.24, 2.45) is 0 Å². The molecule has 2 amide bonds. The topological polar surface area (TPSA) is 61.4 Å². The number of benzene rings is 2. The van der Waals surface area contributed by atoms with Gasteiger partial charge in [0.05, 0.1) is 5.69 Å². The average Bonchev–Trinajstić information content (AvgIpc) is 2.53. The highest BCUT2D eigenvalue weighted by atomic mass is 16.2. The lowest BCUT2D eigenvalue weighted by molar-refractivity contribution is 0.251. The molecule has 2 rings (SSSR count). The van der Waals surface area contributed by atoms with Gasteiger partial charge in [-0.2, -0.15) is 0 Å². The van der Waals surface area contributed by atoms with Gasteiger partial charge in [0.25, 0.3) is 0 Å². The van der Waals surface area contributed by atoms with Crippen LogP contribution in [-0.4, -0.2) is 17.7 Å². The van der Waals surface area contributed by atoms with Gasteiger partial charge in [-0.1, -0.05) is 54.3 Å². The van der Waals surface area contributed by atoms with Crippen LogP contribution in [0.4, 0.5) is 10.5 Å². The summed E-state index contributed by atoms with van der Waals surface area (Å²) in [6.45, 7) is 0.242. The number of hydrogen-bond donors (Lipinski definition) is 3. The van der Waals surface area contributed by atoms with Gasteiger partial charge in [-0.05, 0) is 17.7 Å². The van der Waals surface area contributed by atoms with Crippen molar-refractivity contribution in [2.75, 3.05) is 11.9 Å². The molecule has 2 aromatic carbocycles. The fourth-order valence-electron chi connectivity index (χ4n) is 1.78. The minimum absolute atomic E-state index is 0.214. The first kappa shape index (κ1) is 14.6. The van der Waals surface area contributed by atoms with E-state index in [1.54, 1.807) is 12.1 Å².